The van der Waals surface area contributed by atoms with Gasteiger partial charge in [-0.05, 0) is 63.3 Å². The fraction of sp³-hybridized carbons (Fsp3) is 0.483. The molecule has 3 amide bonds. The van der Waals surface area contributed by atoms with Gasteiger partial charge in [-0.2, -0.15) is 0 Å². The number of benzene rings is 2. The number of carbonyl (C=O) groups is 3. The van der Waals surface area contributed by atoms with E-state index in [4.69, 9.17) is 4.74 Å². The molecule has 0 fully saturated rings. The first-order chi connectivity index (χ1) is 17.3. The molecule has 0 aliphatic heterocycles. The second-order valence-corrected chi connectivity index (χ2v) is 10.6. The Morgan fingerprint density at radius 3 is 2.08 bits per heavy atom. The van der Waals surface area contributed by atoms with E-state index in [2.05, 4.69) is 10.6 Å². The normalized spacial score (nSPS) is 13.8. The summed E-state index contributed by atoms with van der Waals surface area (Å²) in [7, 11) is 0. The standard InChI is InChI=1S/C29H41N3O5/c1-8-20(4)32(27(35)24(19(2)3)31-28(36)37-29(5,6)7)25(22-14-16-23(33)17-15-22)26(34)30-18-21-12-10-9-11-13-21/h9-17,19-20,24-25,33H,8,18H2,1-7H3,(H,30,34)(H,31,36). The number of hydrogen-bond acceptors (Lipinski definition) is 5. The lowest BCUT2D eigenvalue weighted by Gasteiger charge is -2.39. The summed E-state index contributed by atoms with van der Waals surface area (Å²) in [5.74, 6) is -0.953. The average molecular weight is 512 g/mol. The SMILES string of the molecule is CCC(C)N(C(=O)C(NC(=O)OC(C)(C)C)C(C)C)C(C(=O)NCc1ccccc1)c1ccc(O)cc1. The summed E-state index contributed by atoms with van der Waals surface area (Å²) in [6, 6.07) is 13.5. The number of alkyl carbamates (subject to hydrolysis) is 1. The van der Waals surface area contributed by atoms with Crippen molar-refractivity contribution in [1.82, 2.24) is 15.5 Å². The van der Waals surface area contributed by atoms with Gasteiger partial charge in [-0.3, -0.25) is 9.59 Å². The lowest BCUT2D eigenvalue weighted by Crippen LogP contribution is -2.57. The molecule has 0 saturated heterocycles. The number of amides is 3. The Morgan fingerprint density at radius 1 is 0.973 bits per heavy atom. The van der Waals surface area contributed by atoms with Crippen molar-refractivity contribution in [3.8, 4) is 5.75 Å². The van der Waals surface area contributed by atoms with Crippen molar-refractivity contribution in [2.24, 2.45) is 5.92 Å². The summed E-state index contributed by atoms with van der Waals surface area (Å²) in [6.45, 7) is 13.0. The van der Waals surface area contributed by atoms with Crippen LogP contribution in [0.15, 0.2) is 54.6 Å². The zero-order valence-electron chi connectivity index (χ0n) is 22.9. The van der Waals surface area contributed by atoms with Gasteiger partial charge in [-0.15, -0.1) is 0 Å². The monoisotopic (exact) mass is 511 g/mol. The van der Waals surface area contributed by atoms with E-state index < -0.39 is 23.8 Å². The third kappa shape index (κ3) is 8.81. The van der Waals surface area contributed by atoms with Crippen molar-refractivity contribution < 1.29 is 24.2 Å². The number of phenols is 1. The molecule has 0 bridgehead atoms. The topological polar surface area (TPSA) is 108 Å². The van der Waals surface area contributed by atoms with Crippen LogP contribution in [0.25, 0.3) is 0 Å². The minimum Gasteiger partial charge on any atom is -0.508 e. The zero-order chi connectivity index (χ0) is 27.8. The Morgan fingerprint density at radius 2 is 1.57 bits per heavy atom. The van der Waals surface area contributed by atoms with Crippen LogP contribution in [0.1, 0.15) is 72.1 Å². The number of ether oxygens (including phenoxy) is 1. The van der Waals surface area contributed by atoms with Crippen LogP contribution in [0, 0.1) is 5.92 Å². The van der Waals surface area contributed by atoms with E-state index >= 15 is 0 Å². The number of phenolic OH excluding ortho intramolecular Hbond substituents is 1. The molecule has 0 saturated carbocycles. The highest BCUT2D eigenvalue weighted by molar-refractivity contribution is 5.92. The van der Waals surface area contributed by atoms with Gasteiger partial charge in [0.1, 0.15) is 23.4 Å². The lowest BCUT2D eigenvalue weighted by molar-refractivity contribution is -0.146. The molecule has 0 aliphatic carbocycles. The maximum atomic E-state index is 14.1. The highest BCUT2D eigenvalue weighted by Gasteiger charge is 2.39. The second-order valence-electron chi connectivity index (χ2n) is 10.6. The van der Waals surface area contributed by atoms with Crippen LogP contribution in [-0.4, -0.2) is 45.6 Å². The predicted octanol–water partition coefficient (Wildman–Crippen LogP) is 4.93. The second kappa shape index (κ2) is 13.1. The molecular formula is C29H41N3O5. The first-order valence-electron chi connectivity index (χ1n) is 12.8. The fourth-order valence-electron chi connectivity index (χ4n) is 3.88. The van der Waals surface area contributed by atoms with Gasteiger partial charge in [0, 0.05) is 12.6 Å². The molecule has 0 spiro atoms. The van der Waals surface area contributed by atoms with Gasteiger partial charge in [-0.25, -0.2) is 4.79 Å². The largest absolute Gasteiger partial charge is 0.508 e. The van der Waals surface area contributed by atoms with Crippen molar-refractivity contribution >= 4 is 17.9 Å². The Bertz CT molecular complexity index is 1030. The van der Waals surface area contributed by atoms with Crippen molar-refractivity contribution in [2.75, 3.05) is 0 Å². The third-order valence-electron chi connectivity index (χ3n) is 5.97. The molecule has 0 radical (unpaired) electrons. The van der Waals surface area contributed by atoms with E-state index in [1.807, 2.05) is 58.0 Å². The molecule has 2 aromatic rings. The zero-order valence-corrected chi connectivity index (χ0v) is 22.9. The van der Waals surface area contributed by atoms with Gasteiger partial charge < -0.3 is 25.4 Å². The average Bonchev–Trinajstić information content (AvgIpc) is 2.83. The van der Waals surface area contributed by atoms with Crippen molar-refractivity contribution in [1.29, 1.82) is 0 Å². The molecule has 8 nitrogen and oxygen atoms in total. The van der Waals surface area contributed by atoms with Crippen LogP contribution in [0.5, 0.6) is 5.75 Å². The Labute approximate surface area is 220 Å². The highest BCUT2D eigenvalue weighted by atomic mass is 16.6. The minimum absolute atomic E-state index is 0.0558. The summed E-state index contributed by atoms with van der Waals surface area (Å²) in [5, 5.41) is 15.5. The molecule has 3 N–H and O–H groups in total. The van der Waals surface area contributed by atoms with E-state index in [1.54, 1.807) is 32.9 Å². The highest BCUT2D eigenvalue weighted by Crippen LogP contribution is 2.28. The predicted molar refractivity (Wildman–Crippen MR) is 144 cm³/mol. The molecule has 3 unspecified atom stereocenters. The van der Waals surface area contributed by atoms with Crippen LogP contribution in [0.4, 0.5) is 4.79 Å². The number of rotatable bonds is 10. The molecule has 8 heteroatoms. The fourth-order valence-corrected chi connectivity index (χ4v) is 3.88. The molecule has 0 aliphatic rings. The maximum absolute atomic E-state index is 14.1. The molecule has 3 atom stereocenters. The summed E-state index contributed by atoms with van der Waals surface area (Å²) in [6.07, 6.45) is -0.109. The lowest BCUT2D eigenvalue weighted by atomic mass is 9.96. The molecular weight excluding hydrogens is 470 g/mol. The van der Waals surface area contributed by atoms with Crippen molar-refractivity contribution in [2.45, 2.75) is 85.2 Å². The third-order valence-corrected chi connectivity index (χ3v) is 5.97. The summed E-state index contributed by atoms with van der Waals surface area (Å²) < 4.78 is 5.40. The van der Waals surface area contributed by atoms with E-state index in [1.165, 1.54) is 17.0 Å². The Hall–Kier alpha value is -3.55. The molecule has 37 heavy (non-hydrogen) atoms. The van der Waals surface area contributed by atoms with E-state index in [9.17, 15) is 19.5 Å². The van der Waals surface area contributed by atoms with Gasteiger partial charge in [-0.1, -0.05) is 63.2 Å². The number of carbonyl (C=O) groups excluding carboxylic acids is 3. The van der Waals surface area contributed by atoms with Crippen LogP contribution in [0.3, 0.4) is 0 Å². The van der Waals surface area contributed by atoms with E-state index in [0.29, 0.717) is 18.5 Å². The first kappa shape index (κ1) is 29.7. The number of nitrogens with one attached hydrogen (secondary N) is 2. The van der Waals surface area contributed by atoms with Crippen molar-refractivity contribution in [3.63, 3.8) is 0 Å². The van der Waals surface area contributed by atoms with Crippen LogP contribution >= 0.6 is 0 Å². The number of aromatic hydroxyl groups is 1. The smallest absolute Gasteiger partial charge is 0.408 e. The maximum Gasteiger partial charge on any atom is 0.408 e. The molecule has 0 aromatic heterocycles. The van der Waals surface area contributed by atoms with Gasteiger partial charge in [0.2, 0.25) is 11.8 Å². The summed E-state index contributed by atoms with van der Waals surface area (Å²) in [5.41, 5.74) is 0.752. The van der Waals surface area contributed by atoms with Gasteiger partial charge in [0.25, 0.3) is 0 Å². The van der Waals surface area contributed by atoms with Gasteiger partial charge in [0.15, 0.2) is 0 Å². The van der Waals surface area contributed by atoms with E-state index in [-0.39, 0.29) is 29.5 Å². The Kier molecular flexibility index (Phi) is 10.5. The van der Waals surface area contributed by atoms with Gasteiger partial charge in [0.05, 0.1) is 0 Å². The Balaban J connectivity index is 2.46. The van der Waals surface area contributed by atoms with Gasteiger partial charge >= 0.3 is 6.09 Å². The number of hydrogen-bond donors (Lipinski definition) is 3. The summed E-state index contributed by atoms with van der Waals surface area (Å²) in [4.78, 5) is 41.9. The molecule has 2 aromatic carbocycles. The van der Waals surface area contributed by atoms with Crippen LogP contribution < -0.4 is 10.6 Å². The number of nitrogens with zero attached hydrogens (tertiary/aromatic N) is 1. The first-order valence-corrected chi connectivity index (χ1v) is 12.8. The molecule has 0 heterocycles. The molecule has 202 valence electrons. The quantitative estimate of drug-likeness (QED) is 0.419. The van der Waals surface area contributed by atoms with Crippen LogP contribution in [-0.2, 0) is 20.9 Å². The summed E-state index contributed by atoms with van der Waals surface area (Å²) >= 11 is 0. The van der Waals surface area contributed by atoms with E-state index in [0.717, 1.165) is 5.56 Å². The van der Waals surface area contributed by atoms with Crippen LogP contribution in [0.2, 0.25) is 0 Å². The molecule has 2 rings (SSSR count). The minimum atomic E-state index is -0.978. The van der Waals surface area contributed by atoms with Crippen molar-refractivity contribution in [3.05, 3.63) is 65.7 Å².